The molecule has 1 aliphatic heterocycles. The number of H-pyrrole nitrogens is 1. The molecule has 0 amide bonds. The van der Waals surface area contributed by atoms with E-state index in [1.165, 1.54) is 61.7 Å². The van der Waals surface area contributed by atoms with Gasteiger partial charge in [0.1, 0.15) is 5.65 Å². The van der Waals surface area contributed by atoms with Gasteiger partial charge in [0.05, 0.1) is 5.69 Å². The summed E-state index contributed by atoms with van der Waals surface area (Å²) in [6.07, 6.45) is 10.7. The number of aryl methyl sites for hydroxylation is 1. The van der Waals surface area contributed by atoms with Gasteiger partial charge in [0.2, 0.25) is 0 Å². The van der Waals surface area contributed by atoms with Crippen molar-refractivity contribution >= 4 is 11.0 Å². The summed E-state index contributed by atoms with van der Waals surface area (Å²) >= 11 is 0. The molecule has 0 bridgehead atoms. The number of piperidine rings is 1. The number of rotatable bonds is 3. The molecule has 0 aromatic carbocycles. The maximum Gasteiger partial charge on any atom is 0.253 e. The van der Waals surface area contributed by atoms with Crippen molar-refractivity contribution in [3.63, 3.8) is 0 Å². The molecule has 2 aromatic rings. The maximum atomic E-state index is 12.7. The zero-order chi connectivity index (χ0) is 17.7. The lowest BCUT2D eigenvalue weighted by atomic mass is 9.80. The number of nitrogens with one attached hydrogen (secondary N) is 1. The fourth-order valence-electron chi connectivity index (χ4n) is 5.29. The van der Waals surface area contributed by atoms with E-state index < -0.39 is 0 Å². The molecule has 0 radical (unpaired) electrons. The van der Waals surface area contributed by atoms with E-state index in [9.17, 15) is 4.79 Å². The van der Waals surface area contributed by atoms with Crippen LogP contribution in [-0.4, -0.2) is 39.8 Å². The molecule has 1 saturated heterocycles. The van der Waals surface area contributed by atoms with Crippen molar-refractivity contribution in [1.82, 2.24) is 19.7 Å². The summed E-state index contributed by atoms with van der Waals surface area (Å²) in [5, 5.41) is 6.42. The number of hydrogen-bond acceptors (Lipinski definition) is 3. The molecular weight excluding hydrogens is 324 g/mol. The van der Waals surface area contributed by atoms with Crippen LogP contribution >= 0.6 is 0 Å². The Kier molecular flexibility index (Phi) is 4.15. The van der Waals surface area contributed by atoms with Gasteiger partial charge in [-0.2, -0.15) is 5.10 Å². The van der Waals surface area contributed by atoms with Crippen LogP contribution in [0.1, 0.15) is 67.7 Å². The number of hydrogen-bond donors (Lipinski definition) is 1. The van der Waals surface area contributed by atoms with Crippen LogP contribution in [0, 0.1) is 5.92 Å². The van der Waals surface area contributed by atoms with Crippen LogP contribution < -0.4 is 5.56 Å². The second kappa shape index (κ2) is 6.52. The van der Waals surface area contributed by atoms with E-state index in [4.69, 9.17) is 5.10 Å². The minimum atomic E-state index is 0.134. The molecule has 1 saturated carbocycles. The summed E-state index contributed by atoms with van der Waals surface area (Å²) in [4.78, 5) is 18.4. The molecule has 1 N–H and O–H groups in total. The van der Waals surface area contributed by atoms with Gasteiger partial charge in [-0.3, -0.25) is 4.79 Å². The molecule has 26 heavy (non-hydrogen) atoms. The highest BCUT2D eigenvalue weighted by atomic mass is 16.1. The third kappa shape index (κ3) is 2.72. The van der Waals surface area contributed by atoms with Crippen LogP contribution in [0.4, 0.5) is 0 Å². The number of aromatic nitrogens is 3. The first-order chi connectivity index (χ1) is 12.7. The highest BCUT2D eigenvalue weighted by Gasteiger charge is 2.30. The fraction of sp³-hybridized carbons (Fsp3) is 0.714. The summed E-state index contributed by atoms with van der Waals surface area (Å²) in [6, 6.07) is 0. The van der Waals surface area contributed by atoms with Crippen LogP contribution in [0.2, 0.25) is 0 Å². The van der Waals surface area contributed by atoms with Gasteiger partial charge in [0, 0.05) is 30.0 Å². The molecule has 1 unspecified atom stereocenters. The highest BCUT2D eigenvalue weighted by Crippen LogP contribution is 2.41. The molecule has 2 fully saturated rings. The molecule has 0 spiro atoms. The van der Waals surface area contributed by atoms with Gasteiger partial charge in [-0.1, -0.05) is 6.42 Å². The number of likely N-dealkylation sites (tertiary alicyclic amines) is 1. The first-order valence-electron chi connectivity index (χ1n) is 10.5. The Balaban J connectivity index is 1.62. The average molecular weight is 354 g/mol. The predicted octanol–water partition coefficient (Wildman–Crippen LogP) is 3.21. The summed E-state index contributed by atoms with van der Waals surface area (Å²) in [5.41, 5.74) is 4.79. The van der Waals surface area contributed by atoms with Crippen molar-refractivity contribution < 1.29 is 0 Å². The number of nitrogens with zero attached hydrogens (tertiary/aromatic N) is 3. The largest absolute Gasteiger partial charge is 0.307 e. The number of fused-ring (bicyclic) bond motifs is 3. The third-order valence-electron chi connectivity index (χ3n) is 6.90. The zero-order valence-electron chi connectivity index (χ0n) is 15.9. The summed E-state index contributed by atoms with van der Waals surface area (Å²) in [6.45, 7) is 3.27. The Labute approximate surface area is 154 Å². The molecule has 3 heterocycles. The molecule has 5 rings (SSSR count). The number of pyridine rings is 1. The van der Waals surface area contributed by atoms with Gasteiger partial charge >= 0.3 is 0 Å². The lowest BCUT2D eigenvalue weighted by molar-refractivity contribution is 0.191. The van der Waals surface area contributed by atoms with Gasteiger partial charge in [-0.15, -0.1) is 0 Å². The minimum Gasteiger partial charge on any atom is -0.307 e. The van der Waals surface area contributed by atoms with E-state index in [2.05, 4.69) is 21.6 Å². The molecule has 5 nitrogen and oxygen atoms in total. The summed E-state index contributed by atoms with van der Waals surface area (Å²) < 4.78 is 2.16. The molecule has 5 heteroatoms. The van der Waals surface area contributed by atoms with E-state index in [1.807, 2.05) is 0 Å². The Morgan fingerprint density at radius 3 is 2.62 bits per heavy atom. The van der Waals surface area contributed by atoms with Crippen LogP contribution in [0.25, 0.3) is 11.0 Å². The summed E-state index contributed by atoms with van der Waals surface area (Å²) in [7, 11) is 2.21. The van der Waals surface area contributed by atoms with Crippen molar-refractivity contribution in [2.75, 3.05) is 20.1 Å². The fourth-order valence-corrected chi connectivity index (χ4v) is 5.29. The normalized spacial score (nSPS) is 24.6. The van der Waals surface area contributed by atoms with Gasteiger partial charge in [0.25, 0.3) is 5.56 Å². The minimum absolute atomic E-state index is 0.134. The molecule has 1 atom stereocenters. The molecule has 2 aliphatic carbocycles. The van der Waals surface area contributed by atoms with Gasteiger partial charge in [-0.25, -0.2) is 4.68 Å². The lowest BCUT2D eigenvalue weighted by Crippen LogP contribution is -2.34. The SMILES string of the molecule is CN1CCCC(Cn2nc(C3CCC3)c3c4c(c(=O)[nH]c32)CCCC4)C1. The Morgan fingerprint density at radius 1 is 1.08 bits per heavy atom. The van der Waals surface area contributed by atoms with E-state index in [1.54, 1.807) is 0 Å². The van der Waals surface area contributed by atoms with Gasteiger partial charge in [0.15, 0.2) is 0 Å². The average Bonchev–Trinajstić information content (AvgIpc) is 2.92. The highest BCUT2D eigenvalue weighted by molar-refractivity contribution is 5.84. The Morgan fingerprint density at radius 2 is 1.88 bits per heavy atom. The first kappa shape index (κ1) is 16.5. The Bertz CT molecular complexity index is 876. The van der Waals surface area contributed by atoms with Crippen molar-refractivity contribution in [2.24, 2.45) is 5.92 Å². The second-order valence-corrected chi connectivity index (χ2v) is 8.81. The van der Waals surface area contributed by atoms with E-state index in [0.29, 0.717) is 11.8 Å². The zero-order valence-corrected chi connectivity index (χ0v) is 15.9. The lowest BCUT2D eigenvalue weighted by Gasteiger charge is -2.29. The van der Waals surface area contributed by atoms with Crippen LogP contribution in [-0.2, 0) is 19.4 Å². The first-order valence-corrected chi connectivity index (χ1v) is 10.5. The van der Waals surface area contributed by atoms with Crippen molar-refractivity contribution in [2.45, 2.75) is 70.3 Å². The van der Waals surface area contributed by atoms with Crippen LogP contribution in [0.15, 0.2) is 4.79 Å². The van der Waals surface area contributed by atoms with Crippen LogP contribution in [0.3, 0.4) is 0 Å². The van der Waals surface area contributed by atoms with Gasteiger partial charge < -0.3 is 9.88 Å². The summed E-state index contributed by atoms with van der Waals surface area (Å²) in [5.74, 6) is 1.23. The predicted molar refractivity (Wildman–Crippen MR) is 104 cm³/mol. The quantitative estimate of drug-likeness (QED) is 0.921. The standard InChI is InChI=1S/C21H30N4O/c1-24-11-5-6-14(12-24)13-25-20-18(19(23-25)15-7-4-8-15)16-9-2-3-10-17(16)21(26)22-20/h14-15H,2-13H2,1H3,(H,22,26). The van der Waals surface area contributed by atoms with Gasteiger partial charge in [-0.05, 0) is 76.4 Å². The van der Waals surface area contributed by atoms with Crippen molar-refractivity contribution in [3.8, 4) is 0 Å². The number of aromatic amines is 1. The smallest absolute Gasteiger partial charge is 0.253 e. The van der Waals surface area contributed by atoms with Crippen LogP contribution in [0.5, 0.6) is 0 Å². The van der Waals surface area contributed by atoms with E-state index in [0.717, 1.165) is 43.6 Å². The van der Waals surface area contributed by atoms with Crippen molar-refractivity contribution in [3.05, 3.63) is 27.2 Å². The monoisotopic (exact) mass is 354 g/mol. The maximum absolute atomic E-state index is 12.7. The second-order valence-electron chi connectivity index (χ2n) is 8.81. The molecule has 3 aliphatic rings. The topological polar surface area (TPSA) is 53.9 Å². The molecular formula is C21H30N4O. The third-order valence-corrected chi connectivity index (χ3v) is 6.90. The Hall–Kier alpha value is -1.62. The molecule has 140 valence electrons. The van der Waals surface area contributed by atoms with E-state index in [-0.39, 0.29) is 5.56 Å². The molecule has 2 aromatic heterocycles. The van der Waals surface area contributed by atoms with Crippen molar-refractivity contribution in [1.29, 1.82) is 0 Å². The van der Waals surface area contributed by atoms with E-state index >= 15 is 0 Å².